The van der Waals surface area contributed by atoms with Gasteiger partial charge < -0.3 is 10.5 Å². The maximum Gasteiger partial charge on any atom is 0.271 e. The minimum Gasteiger partial charge on any atom is -0.496 e. The first-order valence-corrected chi connectivity index (χ1v) is 7.80. The molecule has 0 unspecified atom stereocenters. The van der Waals surface area contributed by atoms with Gasteiger partial charge in [-0.05, 0) is 36.8 Å². The Balaban J connectivity index is 2.28. The van der Waals surface area contributed by atoms with Crippen LogP contribution in [0.5, 0.6) is 5.75 Å². The molecule has 1 aromatic carbocycles. The number of anilines is 2. The highest BCUT2D eigenvalue weighted by Crippen LogP contribution is 2.26. The van der Waals surface area contributed by atoms with E-state index in [9.17, 15) is 8.42 Å². The van der Waals surface area contributed by atoms with E-state index >= 15 is 0 Å². The number of benzene rings is 1. The number of hydrogen-bond donors (Lipinski definition) is 2. The molecule has 0 aliphatic carbocycles. The first-order chi connectivity index (χ1) is 8.92. The minimum absolute atomic E-state index is 0.193. The first-order valence-electron chi connectivity index (χ1n) is 5.44. The van der Waals surface area contributed by atoms with Gasteiger partial charge in [-0.25, -0.2) is 8.42 Å². The predicted molar refractivity (Wildman–Crippen MR) is 77.3 cm³/mol. The number of nitrogens with one attached hydrogen (secondary N) is 1. The van der Waals surface area contributed by atoms with Crippen LogP contribution in [0.3, 0.4) is 0 Å². The van der Waals surface area contributed by atoms with Crippen LogP contribution in [0.4, 0.5) is 11.4 Å². The summed E-state index contributed by atoms with van der Waals surface area (Å²) in [5.41, 5.74) is 7.32. The summed E-state index contributed by atoms with van der Waals surface area (Å²) in [5.74, 6) is 0.711. The van der Waals surface area contributed by atoms with E-state index in [0.717, 1.165) is 16.9 Å². The largest absolute Gasteiger partial charge is 0.496 e. The van der Waals surface area contributed by atoms with Crippen LogP contribution < -0.4 is 15.2 Å². The average molecular weight is 298 g/mol. The molecule has 7 heteroatoms. The molecule has 0 fully saturated rings. The van der Waals surface area contributed by atoms with Crippen molar-refractivity contribution < 1.29 is 13.2 Å². The molecule has 0 aliphatic rings. The maximum atomic E-state index is 12.1. The standard InChI is InChI=1S/C12H14N2O3S2/c1-8-5-10(3-4-11(8)17-2)14-19(15,16)12-6-9(13)7-18-12/h3-7,14H,13H2,1-2H3. The van der Waals surface area contributed by atoms with E-state index in [1.165, 1.54) is 6.07 Å². The molecule has 5 nitrogen and oxygen atoms in total. The molecule has 0 aliphatic heterocycles. The van der Waals surface area contributed by atoms with E-state index < -0.39 is 10.0 Å². The van der Waals surface area contributed by atoms with Crippen LogP contribution in [0.15, 0.2) is 33.9 Å². The van der Waals surface area contributed by atoms with Gasteiger partial charge in [0.1, 0.15) is 9.96 Å². The maximum absolute atomic E-state index is 12.1. The van der Waals surface area contributed by atoms with Crippen molar-refractivity contribution in [2.75, 3.05) is 17.6 Å². The van der Waals surface area contributed by atoms with Gasteiger partial charge in [-0.1, -0.05) is 0 Å². The molecule has 0 bridgehead atoms. The number of ether oxygens (including phenoxy) is 1. The van der Waals surface area contributed by atoms with E-state index in [4.69, 9.17) is 10.5 Å². The summed E-state index contributed by atoms with van der Waals surface area (Å²) in [7, 11) is -2.01. The Hall–Kier alpha value is -1.73. The van der Waals surface area contributed by atoms with E-state index in [1.54, 1.807) is 30.7 Å². The quantitative estimate of drug-likeness (QED) is 0.908. The number of nitrogens with two attached hydrogens (primary N) is 1. The van der Waals surface area contributed by atoms with Crippen LogP contribution in [0.25, 0.3) is 0 Å². The van der Waals surface area contributed by atoms with Crippen LogP contribution >= 0.6 is 11.3 Å². The number of methoxy groups -OCH3 is 1. The molecule has 0 amide bonds. The van der Waals surface area contributed by atoms with Gasteiger partial charge in [-0.15, -0.1) is 11.3 Å². The Bertz CT molecular complexity index is 693. The summed E-state index contributed by atoms with van der Waals surface area (Å²) >= 11 is 1.09. The molecule has 0 saturated heterocycles. The molecule has 3 N–H and O–H groups in total. The number of rotatable bonds is 4. The lowest BCUT2D eigenvalue weighted by molar-refractivity contribution is 0.412. The Labute approximate surface area is 116 Å². The third-order valence-electron chi connectivity index (χ3n) is 2.51. The second-order valence-electron chi connectivity index (χ2n) is 3.99. The summed E-state index contributed by atoms with van der Waals surface area (Å²) in [4.78, 5) is 0. The van der Waals surface area contributed by atoms with Crippen LogP contribution in [0.1, 0.15) is 5.56 Å². The van der Waals surface area contributed by atoms with Crippen molar-refractivity contribution in [3.8, 4) is 5.75 Å². The van der Waals surface area contributed by atoms with Crippen LogP contribution in [-0.2, 0) is 10.0 Å². The zero-order chi connectivity index (χ0) is 14.0. The highest BCUT2D eigenvalue weighted by molar-refractivity contribution is 7.94. The third-order valence-corrected chi connectivity index (χ3v) is 5.35. The van der Waals surface area contributed by atoms with Gasteiger partial charge in [-0.3, -0.25) is 4.72 Å². The van der Waals surface area contributed by atoms with Crippen LogP contribution in [0.2, 0.25) is 0 Å². The fraction of sp³-hybridized carbons (Fsp3) is 0.167. The first kappa shape index (κ1) is 13.7. The Morgan fingerprint density at radius 3 is 2.58 bits per heavy atom. The van der Waals surface area contributed by atoms with Gasteiger partial charge in [-0.2, -0.15) is 0 Å². The molecular formula is C12H14N2O3S2. The fourth-order valence-electron chi connectivity index (χ4n) is 1.62. The highest BCUT2D eigenvalue weighted by atomic mass is 32.2. The normalized spacial score (nSPS) is 11.3. The Morgan fingerprint density at radius 1 is 1.32 bits per heavy atom. The lowest BCUT2D eigenvalue weighted by atomic mass is 10.2. The molecule has 19 heavy (non-hydrogen) atoms. The van der Waals surface area contributed by atoms with Gasteiger partial charge >= 0.3 is 0 Å². The second-order valence-corrected chi connectivity index (χ2v) is 6.81. The van der Waals surface area contributed by atoms with Crippen molar-refractivity contribution in [2.45, 2.75) is 11.1 Å². The van der Waals surface area contributed by atoms with Crippen molar-refractivity contribution in [1.29, 1.82) is 0 Å². The van der Waals surface area contributed by atoms with Crippen LogP contribution in [-0.4, -0.2) is 15.5 Å². The van der Waals surface area contributed by atoms with E-state index in [2.05, 4.69) is 4.72 Å². The lowest BCUT2D eigenvalue weighted by Gasteiger charge is -2.09. The summed E-state index contributed by atoms with van der Waals surface area (Å²) < 4.78 is 32.0. The number of nitrogen functional groups attached to an aromatic ring is 1. The zero-order valence-electron chi connectivity index (χ0n) is 10.5. The summed E-state index contributed by atoms with van der Waals surface area (Å²) in [6.07, 6.45) is 0. The van der Waals surface area contributed by atoms with E-state index in [-0.39, 0.29) is 4.21 Å². The molecule has 2 rings (SSSR count). The second kappa shape index (κ2) is 5.10. The molecule has 0 spiro atoms. The van der Waals surface area contributed by atoms with Crippen molar-refractivity contribution in [3.05, 3.63) is 35.2 Å². The van der Waals surface area contributed by atoms with E-state index in [1.807, 2.05) is 6.92 Å². The van der Waals surface area contributed by atoms with E-state index in [0.29, 0.717) is 17.1 Å². The smallest absolute Gasteiger partial charge is 0.271 e. The SMILES string of the molecule is COc1ccc(NS(=O)(=O)c2cc(N)cs2)cc1C. The number of hydrogen-bond acceptors (Lipinski definition) is 5. The van der Waals surface area contributed by atoms with Crippen molar-refractivity contribution in [3.63, 3.8) is 0 Å². The van der Waals surface area contributed by atoms with Gasteiger partial charge in [0.05, 0.1) is 7.11 Å². The average Bonchev–Trinajstić information content (AvgIpc) is 2.76. The molecule has 0 saturated carbocycles. The van der Waals surface area contributed by atoms with Crippen molar-refractivity contribution in [1.82, 2.24) is 0 Å². The summed E-state index contributed by atoms with van der Waals surface area (Å²) in [5, 5.41) is 1.59. The van der Waals surface area contributed by atoms with Gasteiger partial charge in [0.15, 0.2) is 0 Å². The molecule has 1 heterocycles. The topological polar surface area (TPSA) is 81.4 Å². The molecule has 0 atom stereocenters. The summed E-state index contributed by atoms with van der Waals surface area (Å²) in [6, 6.07) is 6.52. The number of thiophene rings is 1. The Kier molecular flexibility index (Phi) is 3.68. The monoisotopic (exact) mass is 298 g/mol. The minimum atomic E-state index is -3.58. The number of sulfonamides is 1. The lowest BCUT2D eigenvalue weighted by Crippen LogP contribution is -2.11. The zero-order valence-corrected chi connectivity index (χ0v) is 12.1. The Morgan fingerprint density at radius 2 is 2.05 bits per heavy atom. The molecule has 1 aromatic heterocycles. The van der Waals surface area contributed by atoms with Crippen molar-refractivity contribution >= 4 is 32.7 Å². The molecule has 0 radical (unpaired) electrons. The molecule has 102 valence electrons. The highest BCUT2D eigenvalue weighted by Gasteiger charge is 2.16. The van der Waals surface area contributed by atoms with Crippen molar-refractivity contribution in [2.24, 2.45) is 0 Å². The van der Waals surface area contributed by atoms with Crippen LogP contribution in [0, 0.1) is 6.92 Å². The van der Waals surface area contributed by atoms with Gasteiger partial charge in [0.2, 0.25) is 0 Å². The molecule has 2 aromatic rings. The van der Waals surface area contributed by atoms with Gasteiger partial charge in [0.25, 0.3) is 10.0 Å². The third kappa shape index (κ3) is 2.99. The fourth-order valence-corrected chi connectivity index (χ4v) is 3.75. The molecular weight excluding hydrogens is 284 g/mol. The van der Waals surface area contributed by atoms with Gasteiger partial charge in [0, 0.05) is 16.8 Å². The predicted octanol–water partition coefficient (Wildman–Crippen LogP) is 2.45. The number of aryl methyl sites for hydroxylation is 1. The summed E-state index contributed by atoms with van der Waals surface area (Å²) in [6.45, 7) is 1.85.